The zero-order valence-corrected chi connectivity index (χ0v) is 18.1. The average Bonchev–Trinajstić information content (AvgIpc) is 3.39. The van der Waals surface area contributed by atoms with E-state index in [1.54, 1.807) is 29.5 Å². The lowest BCUT2D eigenvalue weighted by Gasteiger charge is -2.13. The number of thiazole rings is 1. The van der Waals surface area contributed by atoms with E-state index < -0.39 is 12.2 Å². The molecule has 0 N–H and O–H groups in total. The molecule has 0 bridgehead atoms. The fourth-order valence-electron chi connectivity index (χ4n) is 3.29. The van der Waals surface area contributed by atoms with Crippen LogP contribution < -0.4 is 9.47 Å². The van der Waals surface area contributed by atoms with Gasteiger partial charge in [-0.1, -0.05) is 43.3 Å². The summed E-state index contributed by atoms with van der Waals surface area (Å²) in [4.78, 5) is 30.2. The van der Waals surface area contributed by atoms with Gasteiger partial charge >= 0.3 is 6.09 Å². The molecule has 31 heavy (non-hydrogen) atoms. The van der Waals surface area contributed by atoms with Crippen molar-refractivity contribution >= 4 is 23.3 Å². The Morgan fingerprint density at radius 2 is 1.94 bits per heavy atom. The Morgan fingerprint density at radius 1 is 1.13 bits per heavy atom. The van der Waals surface area contributed by atoms with Crippen LogP contribution in [-0.2, 0) is 16.1 Å². The Bertz CT molecular complexity index is 1080. The number of ether oxygens (including phenoxy) is 3. The van der Waals surface area contributed by atoms with Crippen molar-refractivity contribution in [2.75, 3.05) is 13.7 Å². The van der Waals surface area contributed by atoms with Gasteiger partial charge in [0.05, 0.1) is 12.8 Å². The summed E-state index contributed by atoms with van der Waals surface area (Å²) in [5, 5.41) is 2.89. The summed E-state index contributed by atoms with van der Waals surface area (Å²) < 4.78 is 16.6. The summed E-state index contributed by atoms with van der Waals surface area (Å²) in [5.41, 5.74) is 2.42. The first kappa shape index (κ1) is 20.9. The summed E-state index contributed by atoms with van der Waals surface area (Å²) in [6.07, 6.45) is -0.908. The van der Waals surface area contributed by atoms with E-state index in [0.717, 1.165) is 21.2 Å². The third-order valence-electron chi connectivity index (χ3n) is 4.82. The molecule has 1 aliphatic rings. The third kappa shape index (κ3) is 4.39. The second-order valence-electron chi connectivity index (χ2n) is 6.96. The summed E-state index contributed by atoms with van der Waals surface area (Å²) in [7, 11) is 1.52. The molecule has 4 rings (SSSR count). The Balaban J connectivity index is 1.46. The molecule has 0 aliphatic carbocycles. The molecule has 1 unspecified atom stereocenters. The average molecular weight is 439 g/mol. The number of aromatic nitrogens is 1. The van der Waals surface area contributed by atoms with Crippen LogP contribution in [0, 0.1) is 0 Å². The van der Waals surface area contributed by atoms with Gasteiger partial charge in [-0.25, -0.2) is 14.7 Å². The number of rotatable bonds is 8. The molecule has 1 aromatic heterocycles. The lowest BCUT2D eigenvalue weighted by atomic mass is 10.1. The van der Waals surface area contributed by atoms with Crippen molar-refractivity contribution in [3.8, 4) is 22.1 Å². The van der Waals surface area contributed by atoms with E-state index >= 15 is 0 Å². The van der Waals surface area contributed by atoms with Crippen LogP contribution in [0.5, 0.6) is 11.5 Å². The lowest BCUT2D eigenvalue weighted by molar-refractivity contribution is -0.129. The minimum Gasteiger partial charge on any atom is -0.493 e. The number of cyclic esters (lactones) is 1. The van der Waals surface area contributed by atoms with Gasteiger partial charge in [-0.05, 0) is 18.6 Å². The van der Waals surface area contributed by atoms with Gasteiger partial charge in [0.1, 0.15) is 11.6 Å². The standard InChI is InChI=1S/C23H22N2O5S/c1-3-11-25-22(26)20(30-23(25)27)16-9-10-18(19(12-16)28-2)29-13-17-14-31-21(24-17)15-7-5-4-6-8-15/h4-10,12,14,20H,3,11,13H2,1-2H3. The summed E-state index contributed by atoms with van der Waals surface area (Å²) in [6.45, 7) is 2.51. The maximum Gasteiger partial charge on any atom is 0.417 e. The first-order valence-electron chi connectivity index (χ1n) is 9.93. The van der Waals surface area contributed by atoms with E-state index in [1.807, 2.05) is 42.6 Å². The molecule has 0 saturated carbocycles. The highest BCUT2D eigenvalue weighted by Gasteiger charge is 2.41. The van der Waals surface area contributed by atoms with E-state index in [9.17, 15) is 9.59 Å². The van der Waals surface area contributed by atoms with Crippen molar-refractivity contribution in [2.24, 2.45) is 0 Å². The minimum atomic E-state index is -0.964. The molecule has 8 heteroatoms. The Hall–Kier alpha value is -3.39. The zero-order chi connectivity index (χ0) is 21.8. The number of nitrogens with zero attached hydrogens (tertiary/aromatic N) is 2. The highest BCUT2D eigenvalue weighted by Crippen LogP contribution is 2.35. The minimum absolute atomic E-state index is 0.278. The summed E-state index contributed by atoms with van der Waals surface area (Å²) in [5.74, 6) is 0.606. The number of amides is 2. The predicted molar refractivity (Wildman–Crippen MR) is 116 cm³/mol. The Morgan fingerprint density at radius 3 is 2.68 bits per heavy atom. The molecule has 2 aromatic carbocycles. The Labute approximate surface area is 184 Å². The van der Waals surface area contributed by atoms with Gasteiger partial charge in [0.15, 0.2) is 11.5 Å². The smallest absolute Gasteiger partial charge is 0.417 e. The van der Waals surface area contributed by atoms with Crippen molar-refractivity contribution < 1.29 is 23.8 Å². The van der Waals surface area contributed by atoms with Crippen molar-refractivity contribution in [1.82, 2.24) is 9.88 Å². The summed E-state index contributed by atoms with van der Waals surface area (Å²) in [6, 6.07) is 15.0. The molecule has 7 nitrogen and oxygen atoms in total. The fraction of sp³-hybridized carbons (Fsp3) is 0.261. The lowest BCUT2D eigenvalue weighted by Crippen LogP contribution is -2.30. The van der Waals surface area contributed by atoms with Crippen LogP contribution in [-0.4, -0.2) is 35.5 Å². The fourth-order valence-corrected chi connectivity index (χ4v) is 4.10. The number of benzene rings is 2. The van der Waals surface area contributed by atoms with Crippen LogP contribution >= 0.6 is 11.3 Å². The van der Waals surface area contributed by atoms with Crippen LogP contribution in [0.2, 0.25) is 0 Å². The molecule has 2 amide bonds. The van der Waals surface area contributed by atoms with E-state index in [-0.39, 0.29) is 12.5 Å². The highest BCUT2D eigenvalue weighted by atomic mass is 32.1. The zero-order valence-electron chi connectivity index (χ0n) is 17.2. The molecule has 0 spiro atoms. The van der Waals surface area contributed by atoms with Crippen molar-refractivity contribution in [1.29, 1.82) is 0 Å². The first-order chi connectivity index (χ1) is 15.1. The number of imide groups is 1. The van der Waals surface area contributed by atoms with Crippen LogP contribution in [0.1, 0.15) is 30.7 Å². The van der Waals surface area contributed by atoms with Gasteiger partial charge < -0.3 is 14.2 Å². The number of methoxy groups -OCH3 is 1. The first-order valence-corrected chi connectivity index (χ1v) is 10.8. The van der Waals surface area contributed by atoms with Gasteiger partial charge in [0, 0.05) is 23.1 Å². The molecule has 1 atom stereocenters. The maximum atomic E-state index is 12.5. The van der Waals surface area contributed by atoms with Crippen molar-refractivity contribution in [2.45, 2.75) is 26.1 Å². The van der Waals surface area contributed by atoms with Gasteiger partial charge in [-0.3, -0.25) is 4.79 Å². The Kier molecular flexibility index (Phi) is 6.18. The van der Waals surface area contributed by atoms with E-state index in [0.29, 0.717) is 30.0 Å². The van der Waals surface area contributed by atoms with Gasteiger partial charge in [-0.15, -0.1) is 11.3 Å². The molecular weight excluding hydrogens is 416 g/mol. The monoisotopic (exact) mass is 438 g/mol. The largest absolute Gasteiger partial charge is 0.493 e. The van der Waals surface area contributed by atoms with Crippen LogP contribution in [0.15, 0.2) is 53.9 Å². The highest BCUT2D eigenvalue weighted by molar-refractivity contribution is 7.13. The SMILES string of the molecule is CCCN1C(=O)OC(c2ccc(OCc3csc(-c4ccccc4)n3)c(OC)c2)C1=O. The second-order valence-corrected chi connectivity index (χ2v) is 7.82. The van der Waals surface area contributed by atoms with Crippen LogP contribution in [0.25, 0.3) is 10.6 Å². The van der Waals surface area contributed by atoms with Gasteiger partial charge in [-0.2, -0.15) is 0 Å². The molecule has 2 heterocycles. The molecule has 160 valence electrons. The quantitative estimate of drug-likeness (QED) is 0.501. The molecule has 1 fully saturated rings. The van der Waals surface area contributed by atoms with E-state index in [4.69, 9.17) is 14.2 Å². The predicted octanol–water partition coefficient (Wildman–Crippen LogP) is 4.83. The van der Waals surface area contributed by atoms with Crippen molar-refractivity contribution in [3.05, 3.63) is 65.2 Å². The molecule has 0 radical (unpaired) electrons. The number of hydrogen-bond acceptors (Lipinski definition) is 7. The number of carbonyl (C=O) groups excluding carboxylic acids is 2. The maximum absolute atomic E-state index is 12.5. The van der Waals surface area contributed by atoms with Gasteiger partial charge in [0.25, 0.3) is 5.91 Å². The third-order valence-corrected chi connectivity index (χ3v) is 5.76. The molecular formula is C23H22N2O5S. The number of carbonyl (C=O) groups is 2. The van der Waals surface area contributed by atoms with Gasteiger partial charge in [0.2, 0.25) is 6.10 Å². The summed E-state index contributed by atoms with van der Waals surface area (Å²) >= 11 is 1.56. The van der Waals surface area contributed by atoms with Crippen LogP contribution in [0.3, 0.4) is 0 Å². The number of hydrogen-bond donors (Lipinski definition) is 0. The molecule has 1 saturated heterocycles. The topological polar surface area (TPSA) is 78.0 Å². The van der Waals surface area contributed by atoms with Crippen molar-refractivity contribution in [3.63, 3.8) is 0 Å². The molecule has 1 aliphatic heterocycles. The molecule has 3 aromatic rings. The van der Waals surface area contributed by atoms with E-state index in [2.05, 4.69) is 4.98 Å². The second kappa shape index (κ2) is 9.18. The normalized spacial score (nSPS) is 15.8. The van der Waals surface area contributed by atoms with Crippen LogP contribution in [0.4, 0.5) is 4.79 Å². The van der Waals surface area contributed by atoms with E-state index in [1.165, 1.54) is 7.11 Å².